The molecule has 0 unspecified atom stereocenters. The fraction of sp³-hybridized carbons (Fsp3) is 0. The summed E-state index contributed by atoms with van der Waals surface area (Å²) in [7, 11) is 0. The van der Waals surface area contributed by atoms with Gasteiger partial charge in [-0.3, -0.25) is 0 Å². The van der Waals surface area contributed by atoms with Crippen molar-refractivity contribution in [3.63, 3.8) is 0 Å². The van der Waals surface area contributed by atoms with Crippen molar-refractivity contribution in [3.8, 4) is 0 Å². The van der Waals surface area contributed by atoms with Gasteiger partial charge in [0.25, 0.3) is 0 Å². The molecule has 0 heterocycles. The summed E-state index contributed by atoms with van der Waals surface area (Å²) in [5, 5.41) is 0. The fourth-order valence-electron chi connectivity index (χ4n) is 0. The second-order valence-electron chi connectivity index (χ2n) is 0. The standard InChI is InChI=1S/BH3.Ce.Fe.Nd/h1H3;;;. The molecule has 0 amide bonds. The first-order chi connectivity index (χ1) is 0. The molecule has 0 radical (unpaired) electrons. The molecule has 0 aliphatic carbocycles. The molecule has 0 aromatic heterocycles. The van der Waals surface area contributed by atoms with Gasteiger partial charge in [0.05, 0.1) is 8.41 Å². The van der Waals surface area contributed by atoms with Gasteiger partial charge in [-0.25, -0.2) is 0 Å². The monoisotopic (exact) mass is 352 g/mol. The third-order valence-electron chi connectivity index (χ3n) is 0. The van der Waals surface area contributed by atoms with Crippen molar-refractivity contribution in [2.24, 2.45) is 0 Å². The van der Waals surface area contributed by atoms with Crippen molar-refractivity contribution in [2.75, 3.05) is 0 Å². The Balaban J connectivity index is 0. The largest absolute Gasteiger partial charge is 0.0814 e. The summed E-state index contributed by atoms with van der Waals surface area (Å²) in [5.41, 5.74) is 0. The second kappa shape index (κ2) is 16.2. The molecule has 0 bridgehead atoms. The maximum absolute atomic E-state index is 0. The molecule has 0 fully saturated rings. The topological polar surface area (TPSA) is 0 Å². The Hall–Kier alpha value is 3.31. The van der Waals surface area contributed by atoms with E-state index in [0.717, 1.165) is 0 Å². The molecule has 4 heavy (non-hydrogen) atoms. The van der Waals surface area contributed by atoms with Crippen molar-refractivity contribution in [3.05, 3.63) is 0 Å². The Morgan fingerprint density at radius 3 is 1.00 bits per heavy atom. The number of rotatable bonds is 0. The van der Waals surface area contributed by atoms with E-state index in [1.54, 1.807) is 0 Å². The van der Waals surface area contributed by atoms with Crippen LogP contribution < -0.4 is 0 Å². The summed E-state index contributed by atoms with van der Waals surface area (Å²) in [4.78, 5) is 0. The summed E-state index contributed by atoms with van der Waals surface area (Å²) in [6, 6.07) is 0. The van der Waals surface area contributed by atoms with E-state index in [1.807, 2.05) is 0 Å². The van der Waals surface area contributed by atoms with Crippen molar-refractivity contribution in [2.45, 2.75) is 0 Å². The van der Waals surface area contributed by atoms with Crippen LogP contribution in [0.1, 0.15) is 0 Å². The average Bonchev–Trinajstić information content (AvgIpc) is 0. The molecule has 0 aromatic rings. The predicted molar refractivity (Wildman–Crippen MR) is 9.94 cm³/mol. The van der Waals surface area contributed by atoms with Gasteiger partial charge in [-0.15, -0.1) is 0 Å². The molecule has 0 N–H and O–H groups in total. The Bertz CT molecular complexity index is 8.00. The van der Waals surface area contributed by atoms with Gasteiger partial charge in [0.15, 0.2) is 0 Å². The number of hydrogen-bond acceptors (Lipinski definition) is 0. The summed E-state index contributed by atoms with van der Waals surface area (Å²) in [5.74, 6) is 0. The molecular formula is H3BCeFeNd. The van der Waals surface area contributed by atoms with Crippen molar-refractivity contribution >= 4 is 8.41 Å². The van der Waals surface area contributed by atoms with Crippen LogP contribution in [-0.4, -0.2) is 8.41 Å². The Labute approximate surface area is 105 Å². The predicted octanol–water partition coefficient (Wildman–Crippen LogP) is -1.19. The Kier molecular flexibility index (Phi) is 108. The first kappa shape index (κ1) is 26.6. The molecule has 0 aliphatic rings. The van der Waals surface area contributed by atoms with E-state index in [1.165, 1.54) is 0 Å². The van der Waals surface area contributed by atoms with Gasteiger partial charge in [0.2, 0.25) is 0 Å². The molecule has 0 aromatic carbocycles. The minimum absolute atomic E-state index is 0. The van der Waals surface area contributed by atoms with Gasteiger partial charge in [-0.1, -0.05) is 0 Å². The molecule has 0 aliphatic heterocycles. The zero-order valence-corrected chi connectivity index (χ0v) is 8.81. The van der Waals surface area contributed by atoms with Crippen LogP contribution in [0.3, 0.4) is 0 Å². The molecule has 0 nitrogen and oxygen atoms in total. The zero-order chi connectivity index (χ0) is 0. The maximum Gasteiger partial charge on any atom is 0.0814 e. The van der Waals surface area contributed by atoms with E-state index in [-0.39, 0.29) is 108 Å². The molecule has 0 spiro atoms. The normalized spacial score (nSPS) is 0. The molecule has 0 saturated heterocycles. The minimum atomic E-state index is 0. The van der Waals surface area contributed by atoms with Gasteiger partial charge in [0, 0.05) is 99.7 Å². The molecule has 22 valence electrons. The van der Waals surface area contributed by atoms with Crippen LogP contribution in [0, 0.1) is 82.6 Å². The SMILES string of the molecule is B.[Ce].[Fe].[Nd]. The van der Waals surface area contributed by atoms with Crippen LogP contribution in [0.4, 0.5) is 0 Å². The third kappa shape index (κ3) is 9.00. The van der Waals surface area contributed by atoms with Crippen molar-refractivity contribution in [1.29, 1.82) is 0 Å². The third-order valence-corrected chi connectivity index (χ3v) is 0. The van der Waals surface area contributed by atoms with Crippen molar-refractivity contribution < 1.29 is 99.7 Å². The molecule has 4 heteroatoms. The Morgan fingerprint density at radius 1 is 1.00 bits per heavy atom. The quantitative estimate of drug-likeness (QED) is 0.481. The van der Waals surface area contributed by atoms with E-state index >= 15 is 0 Å². The van der Waals surface area contributed by atoms with Crippen LogP contribution in [0.15, 0.2) is 0 Å². The zero-order valence-electron chi connectivity index (χ0n) is 1.35. The fourth-order valence-corrected chi connectivity index (χ4v) is 0. The van der Waals surface area contributed by atoms with Gasteiger partial charge in [0.1, 0.15) is 0 Å². The molecule has 0 saturated carbocycles. The van der Waals surface area contributed by atoms with Gasteiger partial charge in [-0.05, 0) is 0 Å². The summed E-state index contributed by atoms with van der Waals surface area (Å²) in [6.45, 7) is 0. The molecular weight excluding hydrogens is 351 g/mol. The van der Waals surface area contributed by atoms with Gasteiger partial charge < -0.3 is 0 Å². The van der Waals surface area contributed by atoms with Crippen LogP contribution in [0.5, 0.6) is 0 Å². The first-order valence-corrected chi connectivity index (χ1v) is 0. The van der Waals surface area contributed by atoms with Gasteiger partial charge >= 0.3 is 0 Å². The summed E-state index contributed by atoms with van der Waals surface area (Å²) in [6.07, 6.45) is 0. The van der Waals surface area contributed by atoms with E-state index in [0.29, 0.717) is 0 Å². The number of hydrogen-bond donors (Lipinski definition) is 0. The summed E-state index contributed by atoms with van der Waals surface area (Å²) >= 11 is 0. The van der Waals surface area contributed by atoms with Crippen LogP contribution in [0.25, 0.3) is 0 Å². The van der Waals surface area contributed by atoms with E-state index in [2.05, 4.69) is 0 Å². The second-order valence-corrected chi connectivity index (χ2v) is 0. The molecule has 0 rings (SSSR count). The van der Waals surface area contributed by atoms with Gasteiger partial charge in [-0.2, -0.15) is 0 Å². The van der Waals surface area contributed by atoms with E-state index in [4.69, 9.17) is 0 Å². The Morgan fingerprint density at radius 2 is 1.00 bits per heavy atom. The van der Waals surface area contributed by atoms with E-state index in [9.17, 15) is 0 Å². The summed E-state index contributed by atoms with van der Waals surface area (Å²) < 4.78 is 0. The molecule has 0 atom stereocenters. The van der Waals surface area contributed by atoms with Crippen molar-refractivity contribution in [1.82, 2.24) is 0 Å². The van der Waals surface area contributed by atoms with Crippen LogP contribution in [-0.2, 0) is 17.1 Å². The maximum atomic E-state index is 0. The average molecular weight is 354 g/mol. The smallest absolute Gasteiger partial charge is 0 e. The van der Waals surface area contributed by atoms with E-state index < -0.39 is 0 Å². The minimum Gasteiger partial charge on any atom is 0 e. The first-order valence-electron chi connectivity index (χ1n) is 0. The van der Waals surface area contributed by atoms with Crippen LogP contribution >= 0.6 is 0 Å². The van der Waals surface area contributed by atoms with Crippen LogP contribution in [0.2, 0.25) is 0 Å².